The smallest absolute Gasteiger partial charge is 0.240 e. The van der Waals surface area contributed by atoms with Crippen molar-refractivity contribution < 1.29 is 13.7 Å². The van der Waals surface area contributed by atoms with Crippen molar-refractivity contribution in [2.75, 3.05) is 7.05 Å². The van der Waals surface area contributed by atoms with Gasteiger partial charge in [0.25, 0.3) is 0 Å². The molecule has 0 saturated heterocycles. The van der Waals surface area contributed by atoms with Crippen LogP contribution >= 0.6 is 0 Å². The van der Waals surface area contributed by atoms with Crippen molar-refractivity contribution in [2.45, 2.75) is 26.6 Å². The Morgan fingerprint density at radius 3 is 2.65 bits per heavy atom. The Balaban J connectivity index is 1.50. The number of nitrogens with zero attached hydrogens (tertiary/aromatic N) is 3. The zero-order valence-electron chi connectivity index (χ0n) is 13.2. The summed E-state index contributed by atoms with van der Waals surface area (Å²) in [4.78, 5) is 6.39. The Labute approximate surface area is 134 Å². The van der Waals surface area contributed by atoms with Crippen molar-refractivity contribution in [3.63, 3.8) is 0 Å². The maximum atomic E-state index is 5.60. The number of rotatable bonds is 7. The van der Waals surface area contributed by atoms with E-state index in [-0.39, 0.29) is 6.61 Å². The summed E-state index contributed by atoms with van der Waals surface area (Å²) >= 11 is 0. The lowest BCUT2D eigenvalue weighted by molar-refractivity contribution is 0.241. The maximum Gasteiger partial charge on any atom is 0.240 e. The van der Waals surface area contributed by atoms with Crippen LogP contribution in [0.4, 0.5) is 0 Å². The normalized spacial score (nSPS) is 11.1. The average Bonchev–Trinajstić information content (AvgIpc) is 3.15. The lowest BCUT2D eigenvalue weighted by Crippen LogP contribution is -2.17. The molecular formula is C17H19N3O3. The molecule has 0 aliphatic rings. The summed E-state index contributed by atoms with van der Waals surface area (Å²) in [5.41, 5.74) is 0. The van der Waals surface area contributed by atoms with E-state index in [2.05, 4.69) is 10.1 Å². The minimum Gasteiger partial charge on any atom is -0.485 e. The molecule has 23 heavy (non-hydrogen) atoms. The van der Waals surface area contributed by atoms with Crippen LogP contribution in [-0.2, 0) is 19.7 Å². The summed E-state index contributed by atoms with van der Waals surface area (Å²) in [6, 6.07) is 13.5. The summed E-state index contributed by atoms with van der Waals surface area (Å²) in [7, 11) is 1.97. The molecular weight excluding hydrogens is 294 g/mol. The molecule has 2 heterocycles. The zero-order chi connectivity index (χ0) is 16.1. The van der Waals surface area contributed by atoms with Gasteiger partial charge in [-0.1, -0.05) is 23.4 Å². The van der Waals surface area contributed by atoms with Crippen molar-refractivity contribution in [1.29, 1.82) is 0 Å². The second-order valence-corrected chi connectivity index (χ2v) is 5.39. The molecule has 0 atom stereocenters. The quantitative estimate of drug-likeness (QED) is 0.667. The fourth-order valence-corrected chi connectivity index (χ4v) is 2.20. The molecule has 0 unspecified atom stereocenters. The first-order valence-electron chi connectivity index (χ1n) is 7.42. The maximum absolute atomic E-state index is 5.60. The molecule has 1 aromatic carbocycles. The van der Waals surface area contributed by atoms with Crippen LogP contribution in [0.15, 0.2) is 51.4 Å². The van der Waals surface area contributed by atoms with Gasteiger partial charge < -0.3 is 13.7 Å². The Morgan fingerprint density at radius 1 is 1.09 bits per heavy atom. The molecule has 0 aliphatic carbocycles. The van der Waals surface area contributed by atoms with Crippen LogP contribution in [0.1, 0.15) is 23.2 Å². The number of aryl methyl sites for hydroxylation is 1. The van der Waals surface area contributed by atoms with E-state index in [1.165, 1.54) is 0 Å². The van der Waals surface area contributed by atoms with Crippen molar-refractivity contribution in [3.8, 4) is 5.75 Å². The first-order chi connectivity index (χ1) is 11.2. The molecule has 6 heteroatoms. The number of ether oxygens (including phenoxy) is 1. The van der Waals surface area contributed by atoms with Crippen molar-refractivity contribution in [1.82, 2.24) is 15.0 Å². The predicted molar refractivity (Wildman–Crippen MR) is 83.7 cm³/mol. The molecule has 0 spiro atoms. The van der Waals surface area contributed by atoms with Gasteiger partial charge in [-0.15, -0.1) is 0 Å². The molecule has 2 aromatic heterocycles. The van der Waals surface area contributed by atoms with Crippen LogP contribution in [0, 0.1) is 6.92 Å². The van der Waals surface area contributed by atoms with E-state index in [0.29, 0.717) is 24.8 Å². The van der Waals surface area contributed by atoms with Gasteiger partial charge >= 0.3 is 0 Å². The van der Waals surface area contributed by atoms with E-state index < -0.39 is 0 Å². The number of aromatic nitrogens is 2. The summed E-state index contributed by atoms with van der Waals surface area (Å²) in [5, 5.41) is 3.93. The van der Waals surface area contributed by atoms with Gasteiger partial charge in [-0.3, -0.25) is 4.90 Å². The van der Waals surface area contributed by atoms with E-state index in [1.807, 2.05) is 61.3 Å². The lowest BCUT2D eigenvalue weighted by Gasteiger charge is -2.11. The Morgan fingerprint density at radius 2 is 1.91 bits per heavy atom. The largest absolute Gasteiger partial charge is 0.485 e. The molecule has 0 fully saturated rings. The molecule has 6 nitrogen and oxygen atoms in total. The Kier molecular flexibility index (Phi) is 4.73. The highest BCUT2D eigenvalue weighted by molar-refractivity contribution is 5.20. The second kappa shape index (κ2) is 7.11. The first kappa shape index (κ1) is 15.3. The molecule has 0 N–H and O–H groups in total. The van der Waals surface area contributed by atoms with E-state index in [9.17, 15) is 0 Å². The van der Waals surface area contributed by atoms with Crippen molar-refractivity contribution in [2.24, 2.45) is 0 Å². The number of hydrogen-bond donors (Lipinski definition) is 0. The SMILES string of the molecule is Cc1ccc(CN(C)Cc2nc(COc3ccccc3)no2)o1. The first-order valence-corrected chi connectivity index (χ1v) is 7.42. The van der Waals surface area contributed by atoms with Crippen LogP contribution in [0.5, 0.6) is 5.75 Å². The van der Waals surface area contributed by atoms with Gasteiger partial charge in [0.05, 0.1) is 13.1 Å². The van der Waals surface area contributed by atoms with Crippen molar-refractivity contribution in [3.05, 3.63) is 65.7 Å². The third-order valence-electron chi connectivity index (χ3n) is 3.25. The monoisotopic (exact) mass is 313 g/mol. The van der Waals surface area contributed by atoms with Crippen LogP contribution in [0.3, 0.4) is 0 Å². The van der Waals surface area contributed by atoms with E-state index in [4.69, 9.17) is 13.7 Å². The van der Waals surface area contributed by atoms with E-state index >= 15 is 0 Å². The predicted octanol–water partition coefficient (Wildman–Crippen LogP) is 3.18. The minimum atomic E-state index is 0.286. The van der Waals surface area contributed by atoms with Gasteiger partial charge in [0.2, 0.25) is 11.7 Å². The number of benzene rings is 1. The number of hydrogen-bond acceptors (Lipinski definition) is 6. The highest BCUT2D eigenvalue weighted by atomic mass is 16.5. The highest BCUT2D eigenvalue weighted by Crippen LogP contribution is 2.12. The molecule has 3 aromatic rings. The van der Waals surface area contributed by atoms with Crippen molar-refractivity contribution >= 4 is 0 Å². The van der Waals surface area contributed by atoms with Gasteiger partial charge in [0.15, 0.2) is 6.61 Å². The number of furan rings is 1. The Hall–Kier alpha value is -2.60. The summed E-state index contributed by atoms with van der Waals surface area (Å²) in [6.07, 6.45) is 0. The molecule has 0 saturated carbocycles. The van der Waals surface area contributed by atoms with Gasteiger partial charge in [-0.05, 0) is 38.2 Å². The molecule has 0 radical (unpaired) electrons. The highest BCUT2D eigenvalue weighted by Gasteiger charge is 2.11. The minimum absolute atomic E-state index is 0.286. The van der Waals surface area contributed by atoms with Gasteiger partial charge in [0, 0.05) is 0 Å². The van der Waals surface area contributed by atoms with Crippen LogP contribution < -0.4 is 4.74 Å². The molecule has 0 aliphatic heterocycles. The summed E-state index contributed by atoms with van der Waals surface area (Å²) in [6.45, 7) is 3.46. The zero-order valence-corrected chi connectivity index (χ0v) is 13.2. The van der Waals surface area contributed by atoms with Crippen LogP contribution in [-0.4, -0.2) is 22.1 Å². The average molecular weight is 313 g/mol. The molecule has 3 rings (SSSR count). The van der Waals surface area contributed by atoms with E-state index in [0.717, 1.165) is 17.3 Å². The van der Waals surface area contributed by atoms with Gasteiger partial charge in [-0.25, -0.2) is 0 Å². The molecule has 120 valence electrons. The molecule has 0 bridgehead atoms. The second-order valence-electron chi connectivity index (χ2n) is 5.39. The third kappa shape index (κ3) is 4.43. The van der Waals surface area contributed by atoms with Crippen LogP contribution in [0.25, 0.3) is 0 Å². The van der Waals surface area contributed by atoms with Gasteiger partial charge in [-0.2, -0.15) is 4.98 Å². The fraction of sp³-hybridized carbons (Fsp3) is 0.294. The van der Waals surface area contributed by atoms with Crippen LogP contribution in [0.2, 0.25) is 0 Å². The molecule has 0 amide bonds. The Bertz CT molecular complexity index is 736. The lowest BCUT2D eigenvalue weighted by atomic mass is 10.3. The standard InChI is InChI=1S/C17H19N3O3/c1-13-8-9-15(22-13)10-20(2)11-17-18-16(19-23-17)12-21-14-6-4-3-5-7-14/h3-9H,10-12H2,1-2H3. The van der Waals surface area contributed by atoms with E-state index in [1.54, 1.807) is 0 Å². The van der Waals surface area contributed by atoms with Gasteiger partial charge in [0.1, 0.15) is 17.3 Å². The third-order valence-corrected chi connectivity index (χ3v) is 3.25. The number of para-hydroxylation sites is 1. The fourth-order valence-electron chi connectivity index (χ4n) is 2.20. The topological polar surface area (TPSA) is 64.5 Å². The summed E-state index contributed by atoms with van der Waals surface area (Å²) in [5.74, 6) is 3.70. The summed E-state index contributed by atoms with van der Waals surface area (Å²) < 4.78 is 16.4.